The van der Waals surface area contributed by atoms with E-state index >= 15 is 0 Å². The van der Waals surface area contributed by atoms with Crippen LogP contribution in [0.4, 0.5) is 10.1 Å². The van der Waals surface area contributed by atoms with E-state index in [0.29, 0.717) is 23.9 Å². The van der Waals surface area contributed by atoms with E-state index in [2.05, 4.69) is 20.8 Å². The zero-order valence-corrected chi connectivity index (χ0v) is 12.4. The molecule has 0 aliphatic rings. The number of aromatic nitrogens is 4. The van der Waals surface area contributed by atoms with Crippen molar-refractivity contribution in [1.82, 2.24) is 20.2 Å². The second-order valence-electron chi connectivity index (χ2n) is 3.94. The van der Waals surface area contributed by atoms with Crippen molar-refractivity contribution in [2.45, 2.75) is 11.7 Å². The van der Waals surface area contributed by atoms with Gasteiger partial charge in [0.1, 0.15) is 5.82 Å². The van der Waals surface area contributed by atoms with Crippen LogP contribution in [0.15, 0.2) is 23.4 Å². The molecule has 2 aromatic rings. The molecule has 0 atom stereocenters. The van der Waals surface area contributed by atoms with Crippen LogP contribution >= 0.6 is 23.4 Å². The van der Waals surface area contributed by atoms with E-state index in [1.54, 1.807) is 0 Å². The second kappa shape index (κ2) is 7.34. The summed E-state index contributed by atoms with van der Waals surface area (Å²) in [6.07, 6.45) is 0. The Balaban J connectivity index is 1.89. The van der Waals surface area contributed by atoms with Crippen molar-refractivity contribution in [2.75, 3.05) is 17.6 Å². The minimum Gasteiger partial charge on any atom is -0.329 e. The minimum absolute atomic E-state index is 0.0488. The summed E-state index contributed by atoms with van der Waals surface area (Å²) in [6.45, 7) is 0.878. The van der Waals surface area contributed by atoms with Crippen LogP contribution in [0.1, 0.15) is 0 Å². The van der Waals surface area contributed by atoms with Gasteiger partial charge in [0.15, 0.2) is 0 Å². The summed E-state index contributed by atoms with van der Waals surface area (Å²) < 4.78 is 14.5. The molecule has 1 heterocycles. The Hall–Kier alpha value is -1.71. The number of thioether (sulfide) groups is 1. The van der Waals surface area contributed by atoms with Gasteiger partial charge in [-0.2, -0.15) is 0 Å². The molecule has 1 amide bonds. The first-order valence-electron chi connectivity index (χ1n) is 5.94. The molecular formula is C11H12ClFN6OS. The highest BCUT2D eigenvalue weighted by atomic mass is 35.5. The SMILES string of the molecule is NCCn1nnnc1SCC(=O)Nc1ccc(F)c(Cl)c1. The van der Waals surface area contributed by atoms with Gasteiger partial charge in [-0.15, -0.1) is 5.10 Å². The molecule has 0 fully saturated rings. The molecule has 1 aromatic carbocycles. The number of hydrogen-bond acceptors (Lipinski definition) is 6. The van der Waals surface area contributed by atoms with Crippen molar-refractivity contribution < 1.29 is 9.18 Å². The summed E-state index contributed by atoms with van der Waals surface area (Å²) in [5.41, 5.74) is 5.85. The lowest BCUT2D eigenvalue weighted by Gasteiger charge is -2.06. The first-order valence-corrected chi connectivity index (χ1v) is 7.30. The lowest BCUT2D eigenvalue weighted by Crippen LogP contribution is -2.16. The van der Waals surface area contributed by atoms with Crippen molar-refractivity contribution in [2.24, 2.45) is 5.73 Å². The predicted molar refractivity (Wildman–Crippen MR) is 77.6 cm³/mol. The molecule has 0 radical (unpaired) electrons. The molecular weight excluding hydrogens is 319 g/mol. The highest BCUT2D eigenvalue weighted by Crippen LogP contribution is 2.20. The normalized spacial score (nSPS) is 10.6. The number of nitrogens with one attached hydrogen (secondary N) is 1. The van der Waals surface area contributed by atoms with Gasteiger partial charge in [0, 0.05) is 12.2 Å². The van der Waals surface area contributed by atoms with Gasteiger partial charge in [-0.05, 0) is 28.6 Å². The number of nitrogens with two attached hydrogens (primary N) is 1. The van der Waals surface area contributed by atoms with Gasteiger partial charge in [0.2, 0.25) is 11.1 Å². The molecule has 1 aromatic heterocycles. The smallest absolute Gasteiger partial charge is 0.234 e. The highest BCUT2D eigenvalue weighted by molar-refractivity contribution is 7.99. The number of tetrazole rings is 1. The van der Waals surface area contributed by atoms with Crippen molar-refractivity contribution in [3.63, 3.8) is 0 Å². The van der Waals surface area contributed by atoms with E-state index in [4.69, 9.17) is 17.3 Å². The molecule has 0 spiro atoms. The lowest BCUT2D eigenvalue weighted by molar-refractivity contribution is -0.113. The molecule has 7 nitrogen and oxygen atoms in total. The summed E-state index contributed by atoms with van der Waals surface area (Å²) >= 11 is 6.82. The number of halogens is 2. The van der Waals surface area contributed by atoms with Crippen LogP contribution in [0.2, 0.25) is 5.02 Å². The standard InChI is InChI=1S/C11H12ClFN6OS/c12-8-5-7(1-2-9(8)13)15-10(20)6-21-11-16-17-18-19(11)4-3-14/h1-2,5H,3-4,6,14H2,(H,15,20). The monoisotopic (exact) mass is 330 g/mol. The fraction of sp³-hybridized carbons (Fsp3) is 0.273. The largest absolute Gasteiger partial charge is 0.329 e. The molecule has 0 saturated heterocycles. The van der Waals surface area contributed by atoms with Gasteiger partial charge in [-0.3, -0.25) is 4.79 Å². The molecule has 112 valence electrons. The predicted octanol–water partition coefficient (Wildman–Crippen LogP) is 1.16. The van der Waals surface area contributed by atoms with Crippen LogP contribution in [0, 0.1) is 5.82 Å². The first kappa shape index (κ1) is 15.7. The van der Waals surface area contributed by atoms with E-state index in [9.17, 15) is 9.18 Å². The van der Waals surface area contributed by atoms with Crippen LogP contribution in [0.3, 0.4) is 0 Å². The molecule has 0 unspecified atom stereocenters. The molecule has 0 aliphatic heterocycles. The second-order valence-corrected chi connectivity index (χ2v) is 5.29. The van der Waals surface area contributed by atoms with Gasteiger partial charge in [0.05, 0.1) is 17.3 Å². The van der Waals surface area contributed by atoms with Crippen molar-refractivity contribution in [3.05, 3.63) is 29.0 Å². The maximum absolute atomic E-state index is 13.0. The average Bonchev–Trinajstić information content (AvgIpc) is 2.89. The molecule has 0 saturated carbocycles. The van der Waals surface area contributed by atoms with E-state index in [0.717, 1.165) is 0 Å². The summed E-state index contributed by atoms with van der Waals surface area (Å²) in [6, 6.07) is 3.97. The maximum atomic E-state index is 13.0. The quantitative estimate of drug-likeness (QED) is 0.771. The summed E-state index contributed by atoms with van der Waals surface area (Å²) in [5, 5.41) is 14.1. The van der Waals surface area contributed by atoms with Crippen molar-refractivity contribution in [1.29, 1.82) is 0 Å². The third-order valence-corrected chi connectivity index (χ3v) is 3.62. The topological polar surface area (TPSA) is 98.7 Å². The fourth-order valence-corrected chi connectivity index (χ4v) is 2.35. The number of rotatable bonds is 6. The zero-order chi connectivity index (χ0) is 15.2. The van der Waals surface area contributed by atoms with Crippen LogP contribution in [0.5, 0.6) is 0 Å². The summed E-state index contributed by atoms with van der Waals surface area (Å²) in [7, 11) is 0. The van der Waals surface area contributed by atoms with E-state index in [1.807, 2.05) is 0 Å². The number of carbonyl (C=O) groups excluding carboxylic acids is 1. The number of hydrogen-bond donors (Lipinski definition) is 2. The maximum Gasteiger partial charge on any atom is 0.234 e. The van der Waals surface area contributed by atoms with E-state index < -0.39 is 5.82 Å². The van der Waals surface area contributed by atoms with Crippen molar-refractivity contribution in [3.8, 4) is 0 Å². The van der Waals surface area contributed by atoms with Crippen molar-refractivity contribution >= 4 is 35.0 Å². The molecule has 2 rings (SSSR count). The number of benzene rings is 1. The van der Waals surface area contributed by atoms with Gasteiger partial charge in [-0.25, -0.2) is 9.07 Å². The number of amides is 1. The van der Waals surface area contributed by atoms with Crippen LogP contribution < -0.4 is 11.1 Å². The Kier molecular flexibility index (Phi) is 5.48. The molecule has 3 N–H and O–H groups in total. The van der Waals surface area contributed by atoms with Crippen LogP contribution in [-0.2, 0) is 11.3 Å². The van der Waals surface area contributed by atoms with Gasteiger partial charge in [-0.1, -0.05) is 23.4 Å². The molecule has 0 aliphatic carbocycles. The third-order valence-electron chi connectivity index (χ3n) is 2.38. The lowest BCUT2D eigenvalue weighted by atomic mass is 10.3. The molecule has 10 heteroatoms. The summed E-state index contributed by atoms with van der Waals surface area (Å²) in [5.74, 6) is -0.699. The Labute approximate surface area is 129 Å². The van der Waals surface area contributed by atoms with Crippen LogP contribution in [-0.4, -0.2) is 38.4 Å². The first-order chi connectivity index (χ1) is 10.1. The van der Waals surface area contributed by atoms with Gasteiger partial charge in [0.25, 0.3) is 0 Å². The Morgan fingerprint density at radius 3 is 3.05 bits per heavy atom. The highest BCUT2D eigenvalue weighted by Gasteiger charge is 2.10. The Morgan fingerprint density at radius 2 is 2.33 bits per heavy atom. The van der Waals surface area contributed by atoms with Gasteiger partial charge < -0.3 is 11.1 Å². The number of nitrogens with zero attached hydrogens (tertiary/aromatic N) is 4. The Bertz CT molecular complexity index is 637. The van der Waals surface area contributed by atoms with E-state index in [1.165, 1.54) is 34.6 Å². The van der Waals surface area contributed by atoms with Crippen LogP contribution in [0.25, 0.3) is 0 Å². The number of carbonyl (C=O) groups is 1. The Morgan fingerprint density at radius 1 is 1.52 bits per heavy atom. The fourth-order valence-electron chi connectivity index (χ4n) is 1.46. The summed E-state index contributed by atoms with van der Waals surface area (Å²) in [4.78, 5) is 11.8. The molecule has 21 heavy (non-hydrogen) atoms. The third kappa shape index (κ3) is 4.38. The molecule has 0 bridgehead atoms. The zero-order valence-electron chi connectivity index (χ0n) is 10.8. The van der Waals surface area contributed by atoms with E-state index in [-0.39, 0.29) is 16.7 Å². The van der Waals surface area contributed by atoms with Gasteiger partial charge >= 0.3 is 0 Å². The average molecular weight is 331 g/mol. The minimum atomic E-state index is -0.537. The number of anilines is 1.